The molecule has 0 saturated carbocycles. The number of aromatic nitrogens is 2. The quantitative estimate of drug-likeness (QED) is 0.677. The van der Waals surface area contributed by atoms with Crippen LogP contribution in [0.4, 0.5) is 5.69 Å². The molecule has 1 aliphatic rings. The molecule has 1 aliphatic heterocycles. The molecule has 0 unspecified atom stereocenters. The molecule has 21 heavy (non-hydrogen) atoms. The third-order valence-electron chi connectivity index (χ3n) is 3.46. The molecule has 3 rings (SSSR count). The van der Waals surface area contributed by atoms with Crippen LogP contribution in [0.1, 0.15) is 12.8 Å². The summed E-state index contributed by atoms with van der Waals surface area (Å²) in [5.41, 5.74) is 0.926. The highest BCUT2D eigenvalue weighted by molar-refractivity contribution is 7.85. The Bertz CT molecular complexity index is 716. The van der Waals surface area contributed by atoms with Crippen molar-refractivity contribution in [3.05, 3.63) is 34.5 Å². The van der Waals surface area contributed by atoms with Crippen molar-refractivity contribution in [2.75, 3.05) is 12.3 Å². The first-order valence-electron chi connectivity index (χ1n) is 6.66. The van der Waals surface area contributed by atoms with Crippen molar-refractivity contribution >= 4 is 27.5 Å². The van der Waals surface area contributed by atoms with E-state index in [-0.39, 0.29) is 11.7 Å². The number of nitrogens with zero attached hydrogens (tertiary/aromatic N) is 3. The Balaban J connectivity index is 1.84. The summed E-state index contributed by atoms with van der Waals surface area (Å²) in [6.45, 7) is 0.967. The Morgan fingerprint density at radius 2 is 2.29 bits per heavy atom. The van der Waals surface area contributed by atoms with Crippen LogP contribution in [0.2, 0.25) is 0 Å². The first kappa shape index (κ1) is 14.0. The van der Waals surface area contributed by atoms with E-state index in [9.17, 15) is 14.3 Å². The van der Waals surface area contributed by atoms with Crippen LogP contribution in [-0.2, 0) is 10.8 Å². The lowest BCUT2D eigenvalue weighted by molar-refractivity contribution is -0.384. The molecular formula is C13H14N4O3S. The summed E-state index contributed by atoms with van der Waals surface area (Å²) in [7, 11) is -1.21. The van der Waals surface area contributed by atoms with Gasteiger partial charge in [-0.2, -0.15) is 0 Å². The zero-order valence-electron chi connectivity index (χ0n) is 11.2. The normalized spacial score (nSPS) is 19.7. The number of rotatable bonds is 4. The second kappa shape index (κ2) is 5.82. The highest BCUT2D eigenvalue weighted by atomic mass is 32.2. The van der Waals surface area contributed by atoms with Gasteiger partial charge in [0.25, 0.3) is 5.69 Å². The lowest BCUT2D eigenvalue weighted by atomic mass is 10.2. The minimum absolute atomic E-state index is 0.0270. The van der Waals surface area contributed by atoms with Crippen molar-refractivity contribution in [2.24, 2.45) is 0 Å². The molecule has 110 valence electrons. The Morgan fingerprint density at radius 3 is 3.00 bits per heavy atom. The Morgan fingerprint density at radius 1 is 1.43 bits per heavy atom. The van der Waals surface area contributed by atoms with Crippen molar-refractivity contribution in [1.29, 1.82) is 0 Å². The van der Waals surface area contributed by atoms with Crippen LogP contribution in [0.25, 0.3) is 11.0 Å². The van der Waals surface area contributed by atoms with Gasteiger partial charge in [0.15, 0.2) is 0 Å². The van der Waals surface area contributed by atoms with E-state index in [0.717, 1.165) is 19.4 Å². The molecule has 1 aromatic carbocycles. The highest BCUT2D eigenvalue weighted by Gasteiger charge is 2.19. The number of non-ortho nitro benzene ring substituents is 1. The second-order valence-electron chi connectivity index (χ2n) is 4.94. The number of nitro groups is 1. The molecule has 8 heteroatoms. The molecule has 0 amide bonds. The lowest BCUT2D eigenvalue weighted by Gasteiger charge is -2.09. The number of benzene rings is 1. The van der Waals surface area contributed by atoms with Crippen LogP contribution in [0.3, 0.4) is 0 Å². The molecule has 2 atom stereocenters. The lowest BCUT2D eigenvalue weighted by Crippen LogP contribution is -2.27. The number of hydrogen-bond donors (Lipinski definition) is 1. The molecule has 1 fully saturated rings. The van der Waals surface area contributed by atoms with Crippen LogP contribution < -0.4 is 5.32 Å². The van der Waals surface area contributed by atoms with E-state index in [1.54, 1.807) is 0 Å². The van der Waals surface area contributed by atoms with E-state index in [0.29, 0.717) is 21.8 Å². The van der Waals surface area contributed by atoms with Gasteiger partial charge in [-0.3, -0.25) is 19.3 Å². The summed E-state index contributed by atoms with van der Waals surface area (Å²) >= 11 is 0. The molecule has 1 saturated heterocycles. The Hall–Kier alpha value is -1.93. The van der Waals surface area contributed by atoms with E-state index in [1.807, 2.05) is 0 Å². The monoisotopic (exact) mass is 306 g/mol. The van der Waals surface area contributed by atoms with Gasteiger partial charge in [0.2, 0.25) is 0 Å². The predicted molar refractivity (Wildman–Crippen MR) is 78.5 cm³/mol. The fourth-order valence-electron chi connectivity index (χ4n) is 2.37. The van der Waals surface area contributed by atoms with Gasteiger partial charge in [0.1, 0.15) is 5.03 Å². The van der Waals surface area contributed by atoms with Crippen LogP contribution in [0.15, 0.2) is 29.4 Å². The van der Waals surface area contributed by atoms with Gasteiger partial charge in [0.05, 0.1) is 33.0 Å². The van der Waals surface area contributed by atoms with Crippen molar-refractivity contribution in [2.45, 2.75) is 23.9 Å². The average Bonchev–Trinajstić information content (AvgIpc) is 2.99. The third-order valence-corrected chi connectivity index (χ3v) is 4.83. The summed E-state index contributed by atoms with van der Waals surface area (Å²) in [6, 6.07) is 4.55. The maximum atomic E-state index is 12.3. The van der Waals surface area contributed by atoms with Crippen LogP contribution in [-0.4, -0.2) is 37.4 Å². The van der Waals surface area contributed by atoms with Gasteiger partial charge in [-0.05, 0) is 25.5 Å². The van der Waals surface area contributed by atoms with Crippen molar-refractivity contribution in [3.63, 3.8) is 0 Å². The van der Waals surface area contributed by atoms with Crippen LogP contribution in [0.5, 0.6) is 0 Å². The fraction of sp³-hybridized carbons (Fsp3) is 0.385. The summed E-state index contributed by atoms with van der Waals surface area (Å²) in [6.07, 6.45) is 3.57. The van der Waals surface area contributed by atoms with Crippen molar-refractivity contribution in [1.82, 2.24) is 15.3 Å². The zero-order chi connectivity index (χ0) is 14.8. The third kappa shape index (κ3) is 3.06. The fourth-order valence-corrected chi connectivity index (χ4v) is 3.56. The van der Waals surface area contributed by atoms with E-state index in [2.05, 4.69) is 15.3 Å². The summed E-state index contributed by atoms with van der Waals surface area (Å²) in [5, 5.41) is 14.4. The maximum Gasteiger partial charge on any atom is 0.271 e. The number of nitro benzene ring substituents is 1. The molecule has 2 aromatic rings. The molecule has 0 bridgehead atoms. The molecule has 1 aromatic heterocycles. The molecule has 2 heterocycles. The van der Waals surface area contributed by atoms with Crippen LogP contribution in [0, 0.1) is 10.1 Å². The zero-order valence-corrected chi connectivity index (χ0v) is 12.0. The first-order valence-corrected chi connectivity index (χ1v) is 7.98. The predicted octanol–water partition coefficient (Wildman–Crippen LogP) is 1.40. The minimum atomic E-state index is -1.21. The molecule has 0 aliphatic carbocycles. The van der Waals surface area contributed by atoms with E-state index < -0.39 is 15.7 Å². The summed E-state index contributed by atoms with van der Waals surface area (Å²) in [5.74, 6) is 0.521. The largest absolute Gasteiger partial charge is 0.313 e. The summed E-state index contributed by atoms with van der Waals surface area (Å²) in [4.78, 5) is 18.7. The molecule has 0 spiro atoms. The van der Waals surface area contributed by atoms with E-state index in [4.69, 9.17) is 0 Å². The summed E-state index contributed by atoms with van der Waals surface area (Å²) < 4.78 is 12.3. The van der Waals surface area contributed by atoms with Crippen LogP contribution >= 0.6 is 0 Å². The van der Waals surface area contributed by atoms with Crippen molar-refractivity contribution < 1.29 is 9.13 Å². The van der Waals surface area contributed by atoms with Crippen molar-refractivity contribution in [3.8, 4) is 0 Å². The Kier molecular flexibility index (Phi) is 3.89. The van der Waals surface area contributed by atoms with E-state index in [1.165, 1.54) is 24.4 Å². The molecule has 7 nitrogen and oxygen atoms in total. The minimum Gasteiger partial charge on any atom is -0.313 e. The highest BCUT2D eigenvalue weighted by Crippen LogP contribution is 2.19. The molecular weight excluding hydrogens is 292 g/mol. The topological polar surface area (TPSA) is 98.0 Å². The second-order valence-corrected chi connectivity index (χ2v) is 6.39. The average molecular weight is 306 g/mol. The maximum absolute atomic E-state index is 12.3. The van der Waals surface area contributed by atoms with E-state index >= 15 is 0 Å². The first-order chi connectivity index (χ1) is 10.1. The SMILES string of the molecule is O=[N+]([O-])c1ccc2nc([S@](=O)C[C@H]3CCCN3)cnc2c1. The smallest absolute Gasteiger partial charge is 0.271 e. The number of hydrogen-bond acceptors (Lipinski definition) is 6. The van der Waals surface area contributed by atoms with Gasteiger partial charge in [-0.15, -0.1) is 0 Å². The van der Waals surface area contributed by atoms with Gasteiger partial charge in [0, 0.05) is 23.9 Å². The van der Waals surface area contributed by atoms with Gasteiger partial charge in [-0.25, -0.2) is 4.98 Å². The van der Waals surface area contributed by atoms with Gasteiger partial charge >= 0.3 is 0 Å². The van der Waals surface area contributed by atoms with Gasteiger partial charge < -0.3 is 5.32 Å². The standard InChI is InChI=1S/C13H14N4O3S/c18-17(19)10-3-4-11-12(6-10)15-7-13(16-11)21(20)8-9-2-1-5-14-9/h3-4,6-7,9,14H,1-2,5,8H2/t9-,21-/m1/s1. The molecule has 1 N–H and O–H groups in total. The number of nitrogens with one attached hydrogen (secondary N) is 1. The number of fused-ring (bicyclic) bond motifs is 1. The van der Waals surface area contributed by atoms with Gasteiger partial charge in [-0.1, -0.05) is 0 Å². The Labute approximate surface area is 123 Å². The molecule has 0 radical (unpaired) electrons.